The number of rotatable bonds is 11. The lowest BCUT2D eigenvalue weighted by atomic mass is 9.84. The van der Waals surface area contributed by atoms with Crippen molar-refractivity contribution < 1.29 is 4.79 Å². The van der Waals surface area contributed by atoms with Crippen LogP contribution in [0.2, 0.25) is 0 Å². The second kappa shape index (κ2) is 13.2. The molecule has 0 radical (unpaired) electrons. The summed E-state index contributed by atoms with van der Waals surface area (Å²) in [6.45, 7) is 12.7. The first-order valence-corrected chi connectivity index (χ1v) is 15.9. The van der Waals surface area contributed by atoms with E-state index in [-0.39, 0.29) is 5.92 Å². The summed E-state index contributed by atoms with van der Waals surface area (Å²) in [6, 6.07) is 0.654. The zero-order chi connectivity index (χ0) is 27.2. The highest BCUT2D eigenvalue weighted by atomic mass is 32.1. The third kappa shape index (κ3) is 6.43. The fourth-order valence-electron chi connectivity index (χ4n) is 6.29. The number of anilines is 1. The molecule has 2 aliphatic rings. The molecule has 39 heavy (non-hydrogen) atoms. The standard InChI is InChI=1S/C29H44N8OS/c1-4-7-26-33-23(20-39-26)19-37-28-25(18-32-37)27(30-21-31-28)35-14-16-36(17-15-35)29(38)22-8-10-24(11-9-22)34(12-5-2)13-6-3/h18,20-22,24H,4-17,19H2,1-3H3/t22-,24-. The Bertz CT molecular complexity index is 1200. The van der Waals surface area contributed by atoms with Crippen molar-refractivity contribution in [3.8, 4) is 0 Å². The molecule has 9 nitrogen and oxygen atoms in total. The van der Waals surface area contributed by atoms with Gasteiger partial charge in [-0.2, -0.15) is 5.10 Å². The lowest BCUT2D eigenvalue weighted by molar-refractivity contribution is -0.137. The van der Waals surface area contributed by atoms with Crippen LogP contribution in [0.5, 0.6) is 0 Å². The van der Waals surface area contributed by atoms with Crippen molar-refractivity contribution in [2.75, 3.05) is 44.2 Å². The number of carbonyl (C=O) groups excluding carboxylic acids is 1. The van der Waals surface area contributed by atoms with Gasteiger partial charge in [0, 0.05) is 43.5 Å². The SMILES string of the molecule is CCCc1nc(Cn2ncc3c(N4CCN(C(=O)[C@H]5CC[C@H](N(CCC)CCC)CC5)CC4)ncnc32)cs1. The molecular weight excluding hydrogens is 508 g/mol. The van der Waals surface area contributed by atoms with Crippen LogP contribution in [0, 0.1) is 5.92 Å². The zero-order valence-electron chi connectivity index (χ0n) is 23.9. The van der Waals surface area contributed by atoms with Crippen molar-refractivity contribution in [1.29, 1.82) is 0 Å². The lowest BCUT2D eigenvalue weighted by Gasteiger charge is -2.40. The second-order valence-corrected chi connectivity index (χ2v) is 12.0. The van der Waals surface area contributed by atoms with E-state index in [9.17, 15) is 4.79 Å². The normalized spacial score (nSPS) is 20.3. The average molecular weight is 553 g/mol. The van der Waals surface area contributed by atoms with Crippen LogP contribution < -0.4 is 4.90 Å². The van der Waals surface area contributed by atoms with Crippen molar-refractivity contribution in [2.24, 2.45) is 5.92 Å². The number of aromatic nitrogens is 5. The summed E-state index contributed by atoms with van der Waals surface area (Å²) in [4.78, 5) is 34.4. The van der Waals surface area contributed by atoms with Gasteiger partial charge in [0.05, 0.1) is 28.8 Å². The summed E-state index contributed by atoms with van der Waals surface area (Å²) in [5.74, 6) is 1.46. The molecule has 4 heterocycles. The highest BCUT2D eigenvalue weighted by Crippen LogP contribution is 2.30. The first-order chi connectivity index (χ1) is 19.1. The van der Waals surface area contributed by atoms with Gasteiger partial charge in [0.15, 0.2) is 5.65 Å². The van der Waals surface area contributed by atoms with Crippen LogP contribution in [0.4, 0.5) is 5.82 Å². The first-order valence-electron chi connectivity index (χ1n) is 15.0. The van der Waals surface area contributed by atoms with Gasteiger partial charge in [0.25, 0.3) is 0 Å². The van der Waals surface area contributed by atoms with Crippen molar-refractivity contribution in [1.82, 2.24) is 34.5 Å². The van der Waals surface area contributed by atoms with E-state index >= 15 is 0 Å². The van der Waals surface area contributed by atoms with Crippen LogP contribution in [0.3, 0.4) is 0 Å². The molecule has 0 spiro atoms. The molecule has 1 amide bonds. The molecule has 3 aromatic rings. The molecule has 10 heteroatoms. The summed E-state index contributed by atoms with van der Waals surface area (Å²) in [5.41, 5.74) is 1.86. The molecular formula is C29H44N8OS. The van der Waals surface area contributed by atoms with Gasteiger partial charge < -0.3 is 14.7 Å². The van der Waals surface area contributed by atoms with E-state index in [0.717, 1.165) is 87.2 Å². The number of hydrogen-bond donors (Lipinski definition) is 0. The molecule has 0 N–H and O–H groups in total. The van der Waals surface area contributed by atoms with Gasteiger partial charge in [-0.05, 0) is 64.5 Å². The van der Waals surface area contributed by atoms with Gasteiger partial charge in [-0.25, -0.2) is 19.6 Å². The number of thiazole rings is 1. The largest absolute Gasteiger partial charge is 0.352 e. The number of fused-ring (bicyclic) bond motifs is 1. The molecule has 2 fully saturated rings. The van der Waals surface area contributed by atoms with Gasteiger partial charge in [-0.1, -0.05) is 20.8 Å². The van der Waals surface area contributed by atoms with Crippen molar-refractivity contribution in [3.63, 3.8) is 0 Å². The Labute approximate surface area is 236 Å². The number of piperazine rings is 1. The van der Waals surface area contributed by atoms with E-state index in [1.54, 1.807) is 17.7 Å². The van der Waals surface area contributed by atoms with Crippen LogP contribution in [0.1, 0.15) is 76.4 Å². The van der Waals surface area contributed by atoms with Gasteiger partial charge >= 0.3 is 0 Å². The number of aryl methyl sites for hydroxylation is 1. The maximum absolute atomic E-state index is 13.4. The minimum atomic E-state index is 0.186. The van der Waals surface area contributed by atoms with Crippen LogP contribution >= 0.6 is 11.3 Å². The van der Waals surface area contributed by atoms with Crippen molar-refractivity contribution in [3.05, 3.63) is 28.6 Å². The number of amides is 1. The van der Waals surface area contributed by atoms with Gasteiger partial charge in [0.1, 0.15) is 12.1 Å². The maximum atomic E-state index is 13.4. The molecule has 1 saturated carbocycles. The second-order valence-electron chi connectivity index (χ2n) is 11.1. The predicted molar refractivity (Wildman–Crippen MR) is 157 cm³/mol. The summed E-state index contributed by atoms with van der Waals surface area (Å²) >= 11 is 1.72. The van der Waals surface area contributed by atoms with Crippen molar-refractivity contribution in [2.45, 2.75) is 84.7 Å². The highest BCUT2D eigenvalue weighted by molar-refractivity contribution is 7.09. The minimum Gasteiger partial charge on any atom is -0.352 e. The smallest absolute Gasteiger partial charge is 0.225 e. The topological polar surface area (TPSA) is 83.3 Å². The zero-order valence-corrected chi connectivity index (χ0v) is 24.7. The summed E-state index contributed by atoms with van der Waals surface area (Å²) in [5, 5.41) is 8.89. The van der Waals surface area contributed by atoms with E-state index in [2.05, 4.69) is 55.9 Å². The van der Waals surface area contributed by atoms with Gasteiger partial charge in [-0.15, -0.1) is 11.3 Å². The summed E-state index contributed by atoms with van der Waals surface area (Å²) in [6.07, 6.45) is 12.4. The molecule has 0 unspecified atom stereocenters. The first kappa shape index (κ1) is 28.0. The molecule has 1 saturated heterocycles. The Morgan fingerprint density at radius 3 is 2.44 bits per heavy atom. The number of nitrogens with zero attached hydrogens (tertiary/aromatic N) is 8. The van der Waals surface area contributed by atoms with E-state index in [4.69, 9.17) is 4.98 Å². The average Bonchev–Trinajstić information content (AvgIpc) is 3.60. The Morgan fingerprint density at radius 2 is 1.74 bits per heavy atom. The monoisotopic (exact) mass is 552 g/mol. The Hall–Kier alpha value is -2.59. The third-order valence-electron chi connectivity index (χ3n) is 8.26. The fraction of sp³-hybridized carbons (Fsp3) is 0.690. The van der Waals surface area contributed by atoms with E-state index < -0.39 is 0 Å². The molecule has 3 aromatic heterocycles. The number of carbonyl (C=O) groups is 1. The fourth-order valence-corrected chi connectivity index (χ4v) is 7.18. The van der Waals surface area contributed by atoms with Gasteiger partial charge in [0.2, 0.25) is 5.91 Å². The summed E-state index contributed by atoms with van der Waals surface area (Å²) < 4.78 is 1.92. The minimum absolute atomic E-state index is 0.186. The van der Waals surface area contributed by atoms with Crippen LogP contribution in [-0.4, -0.2) is 85.7 Å². The third-order valence-corrected chi connectivity index (χ3v) is 9.22. The number of hydrogen-bond acceptors (Lipinski definition) is 8. The lowest BCUT2D eigenvalue weighted by Crippen LogP contribution is -2.51. The highest BCUT2D eigenvalue weighted by Gasteiger charge is 2.33. The summed E-state index contributed by atoms with van der Waals surface area (Å²) in [7, 11) is 0. The molecule has 212 valence electrons. The van der Waals surface area contributed by atoms with Crippen LogP contribution in [0.25, 0.3) is 11.0 Å². The maximum Gasteiger partial charge on any atom is 0.225 e. The molecule has 5 rings (SSSR count). The van der Waals surface area contributed by atoms with Gasteiger partial charge in [-0.3, -0.25) is 4.79 Å². The molecule has 1 aliphatic heterocycles. The molecule has 1 aliphatic carbocycles. The van der Waals surface area contributed by atoms with Crippen LogP contribution in [-0.2, 0) is 17.8 Å². The molecule has 0 aromatic carbocycles. The molecule has 0 bridgehead atoms. The van der Waals surface area contributed by atoms with Crippen LogP contribution in [0.15, 0.2) is 17.9 Å². The van der Waals surface area contributed by atoms with E-state index in [1.807, 2.05) is 10.9 Å². The van der Waals surface area contributed by atoms with Crippen molar-refractivity contribution >= 4 is 34.1 Å². The van der Waals surface area contributed by atoms with E-state index in [1.165, 1.54) is 30.9 Å². The Kier molecular flexibility index (Phi) is 9.45. The van der Waals surface area contributed by atoms with E-state index in [0.29, 0.717) is 18.5 Å². The Morgan fingerprint density at radius 1 is 1.00 bits per heavy atom. The predicted octanol–water partition coefficient (Wildman–Crippen LogP) is 4.61. The quantitative estimate of drug-likeness (QED) is 0.343. The molecule has 0 atom stereocenters. The Balaban J connectivity index is 1.17.